The summed E-state index contributed by atoms with van der Waals surface area (Å²) in [4.78, 5) is 39.0. The van der Waals surface area contributed by atoms with Gasteiger partial charge in [0.2, 0.25) is 5.91 Å². The predicted molar refractivity (Wildman–Crippen MR) is 115 cm³/mol. The molecule has 2 aromatic rings. The Morgan fingerprint density at radius 2 is 1.83 bits per heavy atom. The van der Waals surface area contributed by atoms with Crippen LogP contribution in [0.1, 0.15) is 35.6 Å². The number of amides is 2. The second-order valence-electron chi connectivity index (χ2n) is 7.91. The molecule has 1 heterocycles. The molecule has 0 aromatic heterocycles. The van der Waals surface area contributed by atoms with E-state index in [-0.39, 0.29) is 24.8 Å². The topological polar surface area (TPSA) is 75.7 Å². The number of anilines is 1. The van der Waals surface area contributed by atoms with Crippen LogP contribution in [0.15, 0.2) is 42.5 Å². The summed E-state index contributed by atoms with van der Waals surface area (Å²) in [5.74, 6) is -1.57. The highest BCUT2D eigenvalue weighted by atomic mass is 16.5. The van der Waals surface area contributed by atoms with E-state index in [0.29, 0.717) is 6.54 Å². The molecule has 0 aliphatic carbocycles. The smallest absolute Gasteiger partial charge is 0.312 e. The quantitative estimate of drug-likeness (QED) is 0.745. The molecule has 6 nitrogen and oxygen atoms in total. The Bertz CT molecular complexity index is 952. The van der Waals surface area contributed by atoms with Gasteiger partial charge in [0.25, 0.3) is 5.91 Å². The number of carbonyl (C=O) groups is 3. The number of ether oxygens (including phenoxy) is 1. The van der Waals surface area contributed by atoms with Crippen molar-refractivity contribution in [1.82, 2.24) is 5.32 Å². The van der Waals surface area contributed by atoms with Crippen molar-refractivity contribution in [3.05, 3.63) is 64.7 Å². The Hall–Kier alpha value is -3.15. The van der Waals surface area contributed by atoms with E-state index in [1.165, 1.54) is 0 Å². The van der Waals surface area contributed by atoms with E-state index < -0.39 is 18.0 Å². The molecule has 2 amide bonds. The van der Waals surface area contributed by atoms with Crippen LogP contribution in [0.2, 0.25) is 0 Å². The molecule has 158 valence electrons. The molecule has 6 heteroatoms. The number of esters is 1. The van der Waals surface area contributed by atoms with Gasteiger partial charge in [-0.15, -0.1) is 0 Å². The van der Waals surface area contributed by atoms with Gasteiger partial charge in [-0.2, -0.15) is 0 Å². The monoisotopic (exact) mass is 408 g/mol. The zero-order chi connectivity index (χ0) is 21.8. The predicted octanol–water partition coefficient (Wildman–Crippen LogP) is 3.21. The van der Waals surface area contributed by atoms with Gasteiger partial charge in [-0.25, -0.2) is 0 Å². The van der Waals surface area contributed by atoms with Crippen molar-refractivity contribution in [2.75, 3.05) is 11.4 Å². The summed E-state index contributed by atoms with van der Waals surface area (Å²) in [6.07, 6.45) is -0.836. The van der Waals surface area contributed by atoms with Crippen molar-refractivity contribution in [3.63, 3.8) is 0 Å². The number of hydrogen-bond donors (Lipinski definition) is 1. The number of hydrogen-bond acceptors (Lipinski definition) is 4. The highest BCUT2D eigenvalue weighted by Gasteiger charge is 2.37. The maximum Gasteiger partial charge on any atom is 0.312 e. The van der Waals surface area contributed by atoms with Gasteiger partial charge in [0.05, 0.1) is 5.92 Å². The first-order chi connectivity index (χ1) is 14.3. The molecule has 3 rings (SSSR count). The molecular weight excluding hydrogens is 380 g/mol. The van der Waals surface area contributed by atoms with Crippen LogP contribution in [-0.4, -0.2) is 30.4 Å². The van der Waals surface area contributed by atoms with Crippen LogP contribution < -0.4 is 10.2 Å². The maximum absolute atomic E-state index is 12.6. The molecular formula is C24H28N2O4. The lowest BCUT2D eigenvalue weighted by Gasteiger charge is -2.20. The van der Waals surface area contributed by atoms with Gasteiger partial charge in [-0.05, 0) is 50.5 Å². The van der Waals surface area contributed by atoms with Gasteiger partial charge in [0.15, 0.2) is 6.10 Å². The first-order valence-corrected chi connectivity index (χ1v) is 10.2. The van der Waals surface area contributed by atoms with Gasteiger partial charge < -0.3 is 15.0 Å². The molecule has 0 unspecified atom stereocenters. The third-order valence-corrected chi connectivity index (χ3v) is 5.57. The van der Waals surface area contributed by atoms with E-state index >= 15 is 0 Å². The number of aryl methyl sites for hydroxylation is 2. The van der Waals surface area contributed by atoms with Gasteiger partial charge in [0, 0.05) is 25.2 Å². The molecule has 1 fully saturated rings. The van der Waals surface area contributed by atoms with Crippen LogP contribution in [0.3, 0.4) is 0 Å². The zero-order valence-electron chi connectivity index (χ0n) is 17.9. The van der Waals surface area contributed by atoms with Crippen LogP contribution in [0.25, 0.3) is 0 Å². The number of nitrogens with one attached hydrogen (secondary N) is 1. The molecule has 0 spiro atoms. The summed E-state index contributed by atoms with van der Waals surface area (Å²) < 4.78 is 5.36. The Morgan fingerprint density at radius 1 is 1.13 bits per heavy atom. The minimum atomic E-state index is -0.923. The lowest BCUT2D eigenvalue weighted by Crippen LogP contribution is -2.37. The van der Waals surface area contributed by atoms with E-state index in [9.17, 15) is 14.4 Å². The fourth-order valence-electron chi connectivity index (χ4n) is 3.49. The second kappa shape index (κ2) is 9.11. The van der Waals surface area contributed by atoms with Crippen LogP contribution in [-0.2, 0) is 25.7 Å². The summed E-state index contributed by atoms with van der Waals surface area (Å²) in [6.45, 7) is 8.12. The summed E-state index contributed by atoms with van der Waals surface area (Å²) in [5.41, 5.74) is 5.04. The average molecular weight is 408 g/mol. The largest absolute Gasteiger partial charge is 0.452 e. The van der Waals surface area contributed by atoms with Crippen molar-refractivity contribution < 1.29 is 19.1 Å². The molecule has 30 heavy (non-hydrogen) atoms. The SMILES string of the molecule is Cc1ccc(CNC(=O)[C@@H](C)OC(=O)[C@@H]2CC(=O)N(c3cccc(C)c3C)C2)cc1. The van der Waals surface area contributed by atoms with E-state index in [2.05, 4.69) is 5.32 Å². The van der Waals surface area contributed by atoms with Crippen molar-refractivity contribution in [2.24, 2.45) is 5.92 Å². The fraction of sp³-hybridized carbons (Fsp3) is 0.375. The van der Waals surface area contributed by atoms with E-state index in [1.807, 2.05) is 63.2 Å². The first kappa shape index (κ1) is 21.6. The van der Waals surface area contributed by atoms with Crippen LogP contribution in [0.4, 0.5) is 5.69 Å². The normalized spacial score (nSPS) is 17.0. The number of rotatable bonds is 6. The maximum atomic E-state index is 12.6. The summed E-state index contributed by atoms with van der Waals surface area (Å²) >= 11 is 0. The molecule has 2 aromatic carbocycles. The molecule has 1 aliphatic rings. The molecule has 1 N–H and O–H groups in total. The molecule has 1 saturated heterocycles. The highest BCUT2D eigenvalue weighted by Crippen LogP contribution is 2.30. The molecule has 0 radical (unpaired) electrons. The molecule has 2 atom stereocenters. The van der Waals surface area contributed by atoms with Crippen LogP contribution in [0, 0.1) is 26.7 Å². The first-order valence-electron chi connectivity index (χ1n) is 10.2. The molecule has 1 aliphatic heterocycles. The lowest BCUT2D eigenvalue weighted by atomic mass is 10.1. The fourth-order valence-corrected chi connectivity index (χ4v) is 3.49. The Labute approximate surface area is 177 Å². The van der Waals surface area contributed by atoms with E-state index in [1.54, 1.807) is 11.8 Å². The number of benzene rings is 2. The Morgan fingerprint density at radius 3 is 2.53 bits per heavy atom. The minimum absolute atomic E-state index is 0.0872. The van der Waals surface area contributed by atoms with Gasteiger partial charge in [-0.1, -0.05) is 42.0 Å². The lowest BCUT2D eigenvalue weighted by molar-refractivity contribution is -0.158. The third kappa shape index (κ3) is 4.87. The van der Waals surface area contributed by atoms with Crippen molar-refractivity contribution >= 4 is 23.5 Å². The summed E-state index contributed by atoms with van der Waals surface area (Å²) in [7, 11) is 0. The van der Waals surface area contributed by atoms with Crippen LogP contribution >= 0.6 is 0 Å². The number of carbonyl (C=O) groups excluding carboxylic acids is 3. The Balaban J connectivity index is 1.55. The van der Waals surface area contributed by atoms with E-state index in [0.717, 1.165) is 27.9 Å². The van der Waals surface area contributed by atoms with Crippen LogP contribution in [0.5, 0.6) is 0 Å². The number of nitrogens with zero attached hydrogens (tertiary/aromatic N) is 1. The standard InChI is InChI=1S/C24H28N2O4/c1-15-8-10-19(11-9-15)13-25-23(28)18(4)30-24(29)20-12-22(27)26(14-20)21-7-5-6-16(2)17(21)3/h5-11,18,20H,12-14H2,1-4H3,(H,25,28)/t18-,20-/m1/s1. The van der Waals surface area contributed by atoms with Gasteiger partial charge in [0.1, 0.15) is 0 Å². The van der Waals surface area contributed by atoms with Gasteiger partial charge >= 0.3 is 5.97 Å². The minimum Gasteiger partial charge on any atom is -0.452 e. The molecule has 0 saturated carbocycles. The van der Waals surface area contributed by atoms with Crippen molar-refractivity contribution in [3.8, 4) is 0 Å². The molecule has 0 bridgehead atoms. The third-order valence-electron chi connectivity index (χ3n) is 5.57. The van der Waals surface area contributed by atoms with Crippen molar-refractivity contribution in [1.29, 1.82) is 0 Å². The summed E-state index contributed by atoms with van der Waals surface area (Å²) in [6, 6.07) is 13.6. The second-order valence-corrected chi connectivity index (χ2v) is 7.91. The highest BCUT2D eigenvalue weighted by molar-refractivity contribution is 6.00. The van der Waals surface area contributed by atoms with Gasteiger partial charge in [-0.3, -0.25) is 14.4 Å². The Kier molecular flexibility index (Phi) is 6.55. The summed E-state index contributed by atoms with van der Waals surface area (Å²) in [5, 5.41) is 2.78. The van der Waals surface area contributed by atoms with E-state index in [4.69, 9.17) is 4.74 Å². The zero-order valence-corrected chi connectivity index (χ0v) is 17.9. The average Bonchev–Trinajstić information content (AvgIpc) is 3.11. The van der Waals surface area contributed by atoms with Crippen molar-refractivity contribution in [2.45, 2.75) is 46.8 Å².